The second kappa shape index (κ2) is 8.02. The minimum atomic E-state index is 0.00822. The molecule has 0 aromatic heterocycles. The van der Waals surface area contributed by atoms with E-state index in [1.54, 1.807) is 18.2 Å². The third-order valence-electron chi connectivity index (χ3n) is 3.05. The normalized spacial score (nSPS) is 10.7. The van der Waals surface area contributed by atoms with Crippen LogP contribution < -0.4 is 11.1 Å². The molecule has 0 unspecified atom stereocenters. The van der Waals surface area contributed by atoms with Gasteiger partial charge in [0.2, 0.25) is 5.91 Å². The van der Waals surface area contributed by atoms with Crippen LogP contribution in [-0.4, -0.2) is 30.4 Å². The number of halogens is 1. The first-order valence-corrected chi connectivity index (χ1v) is 7.01. The minimum absolute atomic E-state index is 0.00822. The van der Waals surface area contributed by atoms with Crippen LogP contribution in [0.15, 0.2) is 18.2 Å². The standard InChI is InChI=1S/C14H22ClN3O/c1-3-18(4-2)9-5-6-14(19)17-11-7-8-12(15)13(16)10-11/h7-8,10H,3-6,9,16H2,1-2H3,(H,17,19). The van der Waals surface area contributed by atoms with Gasteiger partial charge in [0.1, 0.15) is 0 Å². The van der Waals surface area contributed by atoms with Crippen LogP contribution in [0.3, 0.4) is 0 Å². The molecule has 0 atom stereocenters. The number of carbonyl (C=O) groups is 1. The Morgan fingerprint density at radius 2 is 2.05 bits per heavy atom. The zero-order chi connectivity index (χ0) is 14.3. The average molecular weight is 284 g/mol. The maximum atomic E-state index is 11.8. The van der Waals surface area contributed by atoms with E-state index in [4.69, 9.17) is 17.3 Å². The number of nitrogens with one attached hydrogen (secondary N) is 1. The molecule has 19 heavy (non-hydrogen) atoms. The molecule has 5 heteroatoms. The van der Waals surface area contributed by atoms with E-state index in [0.29, 0.717) is 22.8 Å². The van der Waals surface area contributed by atoms with Gasteiger partial charge in [-0.2, -0.15) is 0 Å². The molecule has 3 N–H and O–H groups in total. The zero-order valence-corrected chi connectivity index (χ0v) is 12.3. The molecule has 0 fully saturated rings. The summed E-state index contributed by atoms with van der Waals surface area (Å²) in [7, 11) is 0. The van der Waals surface area contributed by atoms with Crippen LogP contribution in [0.4, 0.5) is 11.4 Å². The van der Waals surface area contributed by atoms with Gasteiger partial charge in [-0.1, -0.05) is 25.4 Å². The van der Waals surface area contributed by atoms with E-state index >= 15 is 0 Å². The van der Waals surface area contributed by atoms with Crippen LogP contribution >= 0.6 is 11.6 Å². The van der Waals surface area contributed by atoms with Crippen molar-refractivity contribution in [2.24, 2.45) is 0 Å². The van der Waals surface area contributed by atoms with E-state index in [1.807, 2.05) is 0 Å². The van der Waals surface area contributed by atoms with E-state index < -0.39 is 0 Å². The highest BCUT2D eigenvalue weighted by Gasteiger charge is 2.05. The van der Waals surface area contributed by atoms with Gasteiger partial charge in [0.25, 0.3) is 0 Å². The summed E-state index contributed by atoms with van der Waals surface area (Å²) in [6.45, 7) is 7.24. The SMILES string of the molecule is CCN(CC)CCCC(=O)Nc1ccc(Cl)c(N)c1. The summed E-state index contributed by atoms with van der Waals surface area (Å²) < 4.78 is 0. The molecule has 0 bridgehead atoms. The molecule has 0 aliphatic carbocycles. The lowest BCUT2D eigenvalue weighted by Gasteiger charge is -2.17. The summed E-state index contributed by atoms with van der Waals surface area (Å²) >= 11 is 5.82. The number of hydrogen-bond donors (Lipinski definition) is 2. The fourth-order valence-electron chi connectivity index (χ4n) is 1.85. The van der Waals surface area contributed by atoms with Crippen molar-refractivity contribution in [1.29, 1.82) is 0 Å². The number of hydrogen-bond acceptors (Lipinski definition) is 3. The van der Waals surface area contributed by atoms with Gasteiger partial charge in [0.15, 0.2) is 0 Å². The Balaban J connectivity index is 2.36. The minimum Gasteiger partial charge on any atom is -0.397 e. The summed E-state index contributed by atoms with van der Waals surface area (Å²) in [5.74, 6) is 0.00822. The molecule has 4 nitrogen and oxygen atoms in total. The molecule has 1 rings (SSSR count). The van der Waals surface area contributed by atoms with Crippen LogP contribution in [0.2, 0.25) is 5.02 Å². The van der Waals surface area contributed by atoms with Crippen LogP contribution in [0.25, 0.3) is 0 Å². The summed E-state index contributed by atoms with van der Waals surface area (Å²) in [4.78, 5) is 14.1. The highest BCUT2D eigenvalue weighted by atomic mass is 35.5. The molecule has 0 aliphatic heterocycles. The molecule has 106 valence electrons. The molecule has 0 heterocycles. The number of anilines is 2. The summed E-state index contributed by atoms with van der Waals surface area (Å²) in [6, 6.07) is 5.11. The molecule has 1 aromatic rings. The van der Waals surface area contributed by atoms with Crippen molar-refractivity contribution in [3.8, 4) is 0 Å². The van der Waals surface area contributed by atoms with Gasteiger partial charge in [0, 0.05) is 12.1 Å². The molecule has 0 spiro atoms. The van der Waals surface area contributed by atoms with Crippen LogP contribution in [0.1, 0.15) is 26.7 Å². The first kappa shape index (κ1) is 15.8. The summed E-state index contributed by atoms with van der Waals surface area (Å²) in [5.41, 5.74) is 6.85. The van der Waals surface area contributed by atoms with Crippen molar-refractivity contribution < 1.29 is 4.79 Å². The lowest BCUT2D eigenvalue weighted by molar-refractivity contribution is -0.116. The van der Waals surface area contributed by atoms with E-state index in [0.717, 1.165) is 26.1 Å². The first-order chi connectivity index (χ1) is 9.06. The van der Waals surface area contributed by atoms with Crippen molar-refractivity contribution in [3.63, 3.8) is 0 Å². The van der Waals surface area contributed by atoms with Crippen LogP contribution in [-0.2, 0) is 4.79 Å². The van der Waals surface area contributed by atoms with E-state index in [1.165, 1.54) is 0 Å². The second-order valence-corrected chi connectivity index (χ2v) is 4.82. The number of nitrogens with zero attached hydrogens (tertiary/aromatic N) is 1. The summed E-state index contributed by atoms with van der Waals surface area (Å²) in [6.07, 6.45) is 1.37. The smallest absolute Gasteiger partial charge is 0.224 e. The number of rotatable bonds is 7. The highest BCUT2D eigenvalue weighted by Crippen LogP contribution is 2.22. The average Bonchev–Trinajstić information content (AvgIpc) is 2.39. The van der Waals surface area contributed by atoms with E-state index in [2.05, 4.69) is 24.1 Å². The Hall–Kier alpha value is -1.26. The molecule has 1 amide bonds. The Morgan fingerprint density at radius 1 is 1.37 bits per heavy atom. The Bertz CT molecular complexity index is 419. The van der Waals surface area contributed by atoms with E-state index in [-0.39, 0.29) is 5.91 Å². The van der Waals surface area contributed by atoms with Crippen molar-refractivity contribution >= 4 is 28.9 Å². The summed E-state index contributed by atoms with van der Waals surface area (Å²) in [5, 5.41) is 3.32. The Labute approximate surface area is 119 Å². The molecule has 0 saturated carbocycles. The molecule has 0 radical (unpaired) electrons. The van der Waals surface area contributed by atoms with Crippen molar-refractivity contribution in [2.45, 2.75) is 26.7 Å². The number of benzene rings is 1. The predicted molar refractivity (Wildman–Crippen MR) is 81.5 cm³/mol. The van der Waals surface area contributed by atoms with Gasteiger partial charge in [0.05, 0.1) is 10.7 Å². The molecule has 0 saturated heterocycles. The number of nitrogens with two attached hydrogens (primary N) is 1. The van der Waals surface area contributed by atoms with Gasteiger partial charge < -0.3 is 16.0 Å². The van der Waals surface area contributed by atoms with Crippen LogP contribution in [0.5, 0.6) is 0 Å². The number of amides is 1. The van der Waals surface area contributed by atoms with Gasteiger partial charge in [-0.05, 0) is 44.3 Å². The quantitative estimate of drug-likeness (QED) is 0.757. The Kier molecular flexibility index (Phi) is 6.67. The fourth-order valence-corrected chi connectivity index (χ4v) is 1.97. The highest BCUT2D eigenvalue weighted by molar-refractivity contribution is 6.33. The third kappa shape index (κ3) is 5.49. The lowest BCUT2D eigenvalue weighted by atomic mass is 10.2. The molecule has 1 aromatic carbocycles. The zero-order valence-electron chi connectivity index (χ0n) is 11.6. The van der Waals surface area contributed by atoms with E-state index in [9.17, 15) is 4.79 Å². The first-order valence-electron chi connectivity index (χ1n) is 6.64. The maximum Gasteiger partial charge on any atom is 0.224 e. The van der Waals surface area contributed by atoms with Crippen molar-refractivity contribution in [3.05, 3.63) is 23.2 Å². The molecular formula is C14H22ClN3O. The monoisotopic (exact) mass is 283 g/mol. The molecule has 0 aliphatic rings. The molecular weight excluding hydrogens is 262 g/mol. The predicted octanol–water partition coefficient (Wildman–Crippen LogP) is 2.98. The van der Waals surface area contributed by atoms with Crippen molar-refractivity contribution in [2.75, 3.05) is 30.7 Å². The largest absolute Gasteiger partial charge is 0.397 e. The van der Waals surface area contributed by atoms with Gasteiger partial charge in [-0.25, -0.2) is 0 Å². The van der Waals surface area contributed by atoms with Gasteiger partial charge in [-0.3, -0.25) is 4.79 Å². The Morgan fingerprint density at radius 3 is 2.63 bits per heavy atom. The lowest BCUT2D eigenvalue weighted by Crippen LogP contribution is -2.25. The topological polar surface area (TPSA) is 58.4 Å². The third-order valence-corrected chi connectivity index (χ3v) is 3.40. The van der Waals surface area contributed by atoms with Gasteiger partial charge >= 0.3 is 0 Å². The van der Waals surface area contributed by atoms with Crippen molar-refractivity contribution in [1.82, 2.24) is 4.90 Å². The van der Waals surface area contributed by atoms with Gasteiger partial charge in [-0.15, -0.1) is 0 Å². The maximum absolute atomic E-state index is 11.8. The number of nitrogen functional groups attached to an aromatic ring is 1. The number of carbonyl (C=O) groups excluding carboxylic acids is 1. The van der Waals surface area contributed by atoms with Crippen LogP contribution in [0, 0.1) is 0 Å². The second-order valence-electron chi connectivity index (χ2n) is 4.41. The fraction of sp³-hybridized carbons (Fsp3) is 0.500.